The smallest absolute Gasteiger partial charge is 0.168 e. The fourth-order valence-electron chi connectivity index (χ4n) is 3.94. The van der Waals surface area contributed by atoms with Crippen molar-refractivity contribution in [1.82, 2.24) is 10.2 Å². The van der Waals surface area contributed by atoms with E-state index in [9.17, 15) is 8.78 Å². The molecule has 1 heterocycles. The molecule has 0 spiro atoms. The van der Waals surface area contributed by atoms with Crippen LogP contribution < -0.4 is 10.1 Å². The number of benzene rings is 2. The highest BCUT2D eigenvalue weighted by Gasteiger charge is 2.42. The lowest BCUT2D eigenvalue weighted by Crippen LogP contribution is -2.42. The normalized spacial score (nSPS) is 22.5. The highest BCUT2D eigenvalue weighted by molar-refractivity contribution is 5.85. The second-order valence-corrected chi connectivity index (χ2v) is 7.77. The van der Waals surface area contributed by atoms with Crippen LogP contribution in [0.5, 0.6) is 5.75 Å². The zero-order valence-electron chi connectivity index (χ0n) is 16.0. The maximum Gasteiger partial charge on any atom is 0.168 e. The summed E-state index contributed by atoms with van der Waals surface area (Å²) in [4.78, 5) is 2.33. The van der Waals surface area contributed by atoms with E-state index in [-0.39, 0.29) is 36.7 Å². The van der Waals surface area contributed by atoms with E-state index in [1.54, 1.807) is 0 Å². The summed E-state index contributed by atoms with van der Waals surface area (Å²) in [6.45, 7) is 2.46. The van der Waals surface area contributed by atoms with Crippen LogP contribution in [0, 0.1) is 11.6 Å². The van der Waals surface area contributed by atoms with Gasteiger partial charge in [0.15, 0.2) is 11.6 Å². The van der Waals surface area contributed by atoms with Gasteiger partial charge in [-0.3, -0.25) is 0 Å². The highest BCUT2D eigenvalue weighted by Crippen LogP contribution is 2.46. The monoisotopic (exact) mass is 408 g/mol. The molecule has 1 saturated carbocycles. The van der Waals surface area contributed by atoms with Gasteiger partial charge in [0.25, 0.3) is 0 Å². The Labute approximate surface area is 171 Å². The Morgan fingerprint density at radius 2 is 1.82 bits per heavy atom. The third-order valence-corrected chi connectivity index (χ3v) is 5.62. The molecular weight excluding hydrogens is 382 g/mol. The van der Waals surface area contributed by atoms with Crippen molar-refractivity contribution in [2.75, 3.05) is 20.1 Å². The van der Waals surface area contributed by atoms with Crippen LogP contribution in [-0.4, -0.2) is 37.1 Å². The van der Waals surface area contributed by atoms with E-state index in [4.69, 9.17) is 4.74 Å². The molecule has 2 aromatic carbocycles. The summed E-state index contributed by atoms with van der Waals surface area (Å²) in [6.07, 6.45) is 3.14. The lowest BCUT2D eigenvalue weighted by atomic mass is 10.0. The molecule has 1 N–H and O–H groups in total. The summed E-state index contributed by atoms with van der Waals surface area (Å²) < 4.78 is 34.1. The highest BCUT2D eigenvalue weighted by atomic mass is 35.5. The molecule has 0 radical (unpaired) electrons. The zero-order chi connectivity index (χ0) is 18.8. The van der Waals surface area contributed by atoms with Crippen LogP contribution in [0.15, 0.2) is 42.5 Å². The molecule has 0 unspecified atom stereocenters. The molecule has 0 bridgehead atoms. The third-order valence-electron chi connectivity index (χ3n) is 5.62. The molecule has 2 atom stereocenters. The van der Waals surface area contributed by atoms with Crippen molar-refractivity contribution in [2.45, 2.75) is 43.9 Å². The van der Waals surface area contributed by atoms with E-state index in [2.05, 4.69) is 17.3 Å². The minimum Gasteiger partial charge on any atom is -0.486 e. The van der Waals surface area contributed by atoms with Gasteiger partial charge in [0.1, 0.15) is 12.4 Å². The van der Waals surface area contributed by atoms with E-state index < -0.39 is 11.6 Å². The zero-order valence-corrected chi connectivity index (χ0v) is 16.9. The van der Waals surface area contributed by atoms with Gasteiger partial charge >= 0.3 is 0 Å². The largest absolute Gasteiger partial charge is 0.486 e. The standard InChI is InChI=1S/C22H26F2N2O.ClH/c1-26-9-7-17(8-10-26)25-21-13-18(21)19-11-16(23)12-20(24)22(19)27-14-15-5-3-2-4-6-15;/h2-6,11-12,17-18,21,25H,7-10,13-14H2,1H3;1H/t18-,21+;/m0./s1. The fourth-order valence-corrected chi connectivity index (χ4v) is 3.94. The van der Waals surface area contributed by atoms with Crippen LogP contribution in [0.25, 0.3) is 0 Å². The minimum absolute atomic E-state index is 0. The van der Waals surface area contributed by atoms with Gasteiger partial charge in [0.2, 0.25) is 0 Å². The molecule has 1 aliphatic carbocycles. The number of rotatable bonds is 6. The summed E-state index contributed by atoms with van der Waals surface area (Å²) in [7, 11) is 2.14. The molecule has 28 heavy (non-hydrogen) atoms. The number of likely N-dealkylation sites (tertiary alicyclic amines) is 1. The molecule has 2 fully saturated rings. The molecule has 2 aromatic rings. The maximum absolute atomic E-state index is 14.4. The number of nitrogens with one attached hydrogen (secondary N) is 1. The van der Waals surface area contributed by atoms with Crippen molar-refractivity contribution in [3.63, 3.8) is 0 Å². The Balaban J connectivity index is 0.00000225. The van der Waals surface area contributed by atoms with Crippen LogP contribution in [-0.2, 0) is 6.61 Å². The molecule has 2 aliphatic rings. The quantitative estimate of drug-likeness (QED) is 0.761. The topological polar surface area (TPSA) is 24.5 Å². The molecule has 3 nitrogen and oxygen atoms in total. The van der Waals surface area contributed by atoms with E-state index in [0.29, 0.717) is 11.6 Å². The predicted octanol–water partition coefficient (Wildman–Crippen LogP) is 4.51. The lowest BCUT2D eigenvalue weighted by molar-refractivity contribution is 0.233. The van der Waals surface area contributed by atoms with E-state index in [0.717, 1.165) is 44.0 Å². The van der Waals surface area contributed by atoms with Crippen molar-refractivity contribution < 1.29 is 13.5 Å². The SMILES string of the molecule is CN1CCC(N[C@@H]2C[C@H]2c2cc(F)cc(F)c2OCc2ccccc2)CC1.Cl. The number of ether oxygens (including phenoxy) is 1. The molecular formula is C22H27ClF2N2O. The van der Waals surface area contributed by atoms with E-state index in [1.165, 1.54) is 6.07 Å². The van der Waals surface area contributed by atoms with Gasteiger partial charge in [-0.25, -0.2) is 8.78 Å². The second kappa shape index (κ2) is 9.21. The fraction of sp³-hybridized carbons (Fsp3) is 0.455. The molecule has 1 saturated heterocycles. The van der Waals surface area contributed by atoms with Crippen LogP contribution in [0.2, 0.25) is 0 Å². The van der Waals surface area contributed by atoms with Crippen molar-refractivity contribution in [3.8, 4) is 5.75 Å². The molecule has 1 aliphatic heterocycles. The first-order valence-electron chi connectivity index (χ1n) is 9.70. The first kappa shape index (κ1) is 21.0. The maximum atomic E-state index is 14.4. The van der Waals surface area contributed by atoms with Crippen LogP contribution in [0.3, 0.4) is 0 Å². The van der Waals surface area contributed by atoms with E-state index >= 15 is 0 Å². The molecule has 4 rings (SSSR count). The summed E-state index contributed by atoms with van der Waals surface area (Å²) >= 11 is 0. The summed E-state index contributed by atoms with van der Waals surface area (Å²) in [5.41, 5.74) is 1.61. The Bertz CT molecular complexity index is 782. The van der Waals surface area contributed by atoms with E-state index in [1.807, 2.05) is 30.3 Å². The number of piperidine rings is 1. The van der Waals surface area contributed by atoms with Gasteiger partial charge < -0.3 is 15.0 Å². The van der Waals surface area contributed by atoms with Crippen molar-refractivity contribution in [1.29, 1.82) is 0 Å². The summed E-state index contributed by atoms with van der Waals surface area (Å²) in [5, 5.41) is 3.67. The van der Waals surface area contributed by atoms with Gasteiger partial charge in [-0.2, -0.15) is 0 Å². The van der Waals surface area contributed by atoms with Gasteiger partial charge in [-0.05, 0) is 51.0 Å². The molecule has 0 aromatic heterocycles. The number of hydrogen-bond donors (Lipinski definition) is 1. The first-order chi connectivity index (χ1) is 13.1. The third kappa shape index (κ3) is 5.02. The number of halogens is 3. The van der Waals surface area contributed by atoms with Crippen molar-refractivity contribution >= 4 is 12.4 Å². The Morgan fingerprint density at radius 1 is 1.11 bits per heavy atom. The summed E-state index contributed by atoms with van der Waals surface area (Å²) in [5.74, 6) is -0.857. The van der Waals surface area contributed by atoms with Crippen molar-refractivity contribution in [3.05, 3.63) is 65.2 Å². The van der Waals surface area contributed by atoms with Gasteiger partial charge in [0.05, 0.1) is 0 Å². The Hall–Kier alpha value is -1.69. The van der Waals surface area contributed by atoms with Crippen molar-refractivity contribution in [2.24, 2.45) is 0 Å². The van der Waals surface area contributed by atoms with Gasteiger partial charge in [-0.15, -0.1) is 12.4 Å². The summed E-state index contributed by atoms with van der Waals surface area (Å²) in [6, 6.07) is 12.7. The number of nitrogens with zero attached hydrogens (tertiary/aromatic N) is 1. The average molecular weight is 409 g/mol. The first-order valence-corrected chi connectivity index (χ1v) is 9.70. The second-order valence-electron chi connectivity index (χ2n) is 7.77. The Kier molecular flexibility index (Phi) is 6.91. The molecule has 152 valence electrons. The lowest BCUT2D eigenvalue weighted by Gasteiger charge is -2.29. The number of hydrogen-bond acceptors (Lipinski definition) is 3. The van der Waals surface area contributed by atoms with Crippen LogP contribution in [0.4, 0.5) is 8.78 Å². The Morgan fingerprint density at radius 3 is 2.54 bits per heavy atom. The molecule has 6 heteroatoms. The average Bonchev–Trinajstić information content (AvgIpc) is 3.42. The molecule has 0 amide bonds. The van der Waals surface area contributed by atoms with Gasteiger partial charge in [-0.1, -0.05) is 30.3 Å². The van der Waals surface area contributed by atoms with Crippen LogP contribution in [0.1, 0.15) is 36.3 Å². The minimum atomic E-state index is -0.620. The predicted molar refractivity (Wildman–Crippen MR) is 109 cm³/mol. The van der Waals surface area contributed by atoms with Crippen LogP contribution >= 0.6 is 12.4 Å². The van der Waals surface area contributed by atoms with Gasteiger partial charge in [0, 0.05) is 29.6 Å².